The number of carbonyl (C=O) groups is 1. The maximum absolute atomic E-state index is 13.3. The number of hydrogen-bond acceptors (Lipinski definition) is 9. The van der Waals surface area contributed by atoms with Crippen LogP contribution in [0, 0.1) is 12.3 Å². The van der Waals surface area contributed by atoms with Crippen molar-refractivity contribution in [2.45, 2.75) is 23.9 Å². The molecule has 212 valence electrons. The third-order valence-corrected chi connectivity index (χ3v) is 7.48. The minimum Gasteiger partial charge on any atom is -0.497 e. The fraction of sp³-hybridized carbons (Fsp3) is 0.519. The van der Waals surface area contributed by atoms with Gasteiger partial charge in [0.25, 0.3) is 0 Å². The maximum atomic E-state index is 13.3. The Morgan fingerprint density at radius 3 is 2.54 bits per heavy atom. The summed E-state index contributed by atoms with van der Waals surface area (Å²) in [4.78, 5) is 32.8. The number of amides is 1. The number of nitrogens with zero attached hydrogens (tertiary/aromatic N) is 2. The second-order valence-electron chi connectivity index (χ2n) is 8.62. The van der Waals surface area contributed by atoms with Gasteiger partial charge in [-0.1, -0.05) is 35.3 Å². The molecule has 1 aromatic heterocycles. The molecular weight excluding hydrogens is 546 g/mol. The maximum Gasteiger partial charge on any atom is 0.345 e. The molecule has 0 saturated carbocycles. The normalized spacial score (nSPS) is 16.5. The number of halogens is 1. The molecule has 1 aliphatic rings. The summed E-state index contributed by atoms with van der Waals surface area (Å²) in [6.07, 6.45) is 6.39. The summed E-state index contributed by atoms with van der Waals surface area (Å²) in [5.74, 6) is 3.16. The van der Waals surface area contributed by atoms with Crippen molar-refractivity contribution in [1.29, 1.82) is 0 Å². The molecule has 0 bridgehead atoms. The number of ether oxygens (including phenoxy) is 5. The molecule has 0 fully saturated rings. The molecule has 12 heteroatoms. The number of carbonyl (C=O) groups excluding carboxylic acids is 1. The van der Waals surface area contributed by atoms with Gasteiger partial charge in [-0.15, -0.1) is 6.42 Å². The number of aromatic amines is 1. The highest BCUT2D eigenvalue weighted by atomic mass is 35.5. The predicted molar refractivity (Wildman–Crippen MR) is 149 cm³/mol. The number of fused-ring (bicyclic) bond motifs is 1. The van der Waals surface area contributed by atoms with E-state index in [2.05, 4.69) is 15.9 Å². The summed E-state index contributed by atoms with van der Waals surface area (Å²) < 4.78 is 27.5. The monoisotopic (exact) mass is 579 g/mol. The number of nitrogens with one attached hydrogen (secondary N) is 1. The van der Waals surface area contributed by atoms with Crippen LogP contribution in [0.15, 0.2) is 34.2 Å². The van der Waals surface area contributed by atoms with Crippen LogP contribution in [0.1, 0.15) is 30.0 Å². The van der Waals surface area contributed by atoms with E-state index in [1.165, 1.54) is 18.0 Å². The van der Waals surface area contributed by atoms with E-state index in [0.717, 1.165) is 16.9 Å². The van der Waals surface area contributed by atoms with Crippen molar-refractivity contribution >= 4 is 29.3 Å². The van der Waals surface area contributed by atoms with Crippen molar-refractivity contribution in [3.63, 3.8) is 0 Å². The van der Waals surface area contributed by atoms with Crippen LogP contribution in [0.4, 0.5) is 0 Å². The van der Waals surface area contributed by atoms with E-state index in [0.29, 0.717) is 62.8 Å². The third kappa shape index (κ3) is 9.53. The summed E-state index contributed by atoms with van der Waals surface area (Å²) in [5.41, 5.74) is 1.63. The largest absolute Gasteiger partial charge is 0.497 e. The zero-order valence-corrected chi connectivity index (χ0v) is 23.7. The molecule has 0 unspecified atom stereocenters. The number of aromatic nitrogens is 2. The Morgan fingerprint density at radius 1 is 1.15 bits per heavy atom. The molecule has 0 saturated heterocycles. The lowest BCUT2D eigenvalue weighted by atomic mass is 9.86. The molecule has 2 atom stereocenters. The second-order valence-corrected chi connectivity index (χ2v) is 10.0. The van der Waals surface area contributed by atoms with Gasteiger partial charge in [-0.05, 0) is 30.2 Å². The Morgan fingerprint density at radius 2 is 1.85 bits per heavy atom. The highest BCUT2D eigenvalue weighted by Gasteiger charge is 2.34. The smallest absolute Gasteiger partial charge is 0.345 e. The number of benzene rings is 1. The Bertz CT molecular complexity index is 1170. The highest BCUT2D eigenvalue weighted by molar-refractivity contribution is 8.00. The van der Waals surface area contributed by atoms with Crippen molar-refractivity contribution in [2.24, 2.45) is 0 Å². The topological polar surface area (TPSA) is 112 Å². The Balaban J connectivity index is 1.52. The molecule has 2 aromatic rings. The number of terminal acetylenes is 1. The molecule has 1 amide bonds. The first-order valence-corrected chi connectivity index (χ1v) is 13.9. The molecule has 1 aromatic carbocycles. The molecule has 1 N–H and O–H groups in total. The minimum atomic E-state index is -0.511. The number of hydrogen-bond donors (Lipinski definition) is 1. The van der Waals surface area contributed by atoms with Crippen LogP contribution >= 0.6 is 23.4 Å². The van der Waals surface area contributed by atoms with Crippen LogP contribution in [0.25, 0.3) is 0 Å². The van der Waals surface area contributed by atoms with Crippen molar-refractivity contribution in [3.05, 3.63) is 51.0 Å². The molecule has 0 spiro atoms. The van der Waals surface area contributed by atoms with Gasteiger partial charge >= 0.3 is 5.69 Å². The van der Waals surface area contributed by atoms with Crippen LogP contribution in [0.5, 0.6) is 5.75 Å². The van der Waals surface area contributed by atoms with Gasteiger partial charge in [-0.3, -0.25) is 9.78 Å². The molecule has 3 rings (SSSR count). The molecule has 1 aliphatic heterocycles. The van der Waals surface area contributed by atoms with E-state index in [1.807, 2.05) is 30.0 Å². The van der Waals surface area contributed by atoms with Crippen molar-refractivity contribution < 1.29 is 28.5 Å². The van der Waals surface area contributed by atoms with Crippen LogP contribution in [0.2, 0.25) is 5.02 Å². The lowest BCUT2D eigenvalue weighted by Gasteiger charge is -2.40. The first-order valence-electron chi connectivity index (χ1n) is 12.5. The van der Waals surface area contributed by atoms with E-state index < -0.39 is 5.69 Å². The van der Waals surface area contributed by atoms with Gasteiger partial charge in [0.05, 0.1) is 81.4 Å². The summed E-state index contributed by atoms with van der Waals surface area (Å²) in [6, 6.07) is 5.77. The van der Waals surface area contributed by atoms with Crippen LogP contribution in [0.3, 0.4) is 0 Å². The fourth-order valence-corrected chi connectivity index (χ4v) is 5.18. The number of H-pyrrole nitrogens is 1. The van der Waals surface area contributed by atoms with E-state index >= 15 is 0 Å². The Hall–Kier alpha value is -2.59. The van der Waals surface area contributed by atoms with E-state index in [1.54, 1.807) is 7.11 Å². The molecule has 2 heterocycles. The van der Waals surface area contributed by atoms with Gasteiger partial charge < -0.3 is 28.6 Å². The molecular formula is C27H34ClN3O7S. The summed E-state index contributed by atoms with van der Waals surface area (Å²) in [7, 11) is 1.63. The van der Waals surface area contributed by atoms with Crippen LogP contribution in [-0.2, 0) is 23.7 Å². The quantitative estimate of drug-likeness (QED) is 0.139. The van der Waals surface area contributed by atoms with Gasteiger partial charge in [0.15, 0.2) is 0 Å². The first-order chi connectivity index (χ1) is 18.9. The van der Waals surface area contributed by atoms with Crippen molar-refractivity contribution in [2.75, 3.05) is 72.3 Å². The van der Waals surface area contributed by atoms with Crippen LogP contribution in [-0.4, -0.2) is 93.0 Å². The van der Waals surface area contributed by atoms with E-state index in [9.17, 15) is 9.59 Å². The molecule has 39 heavy (non-hydrogen) atoms. The Labute approximate surface area is 237 Å². The summed E-state index contributed by atoms with van der Waals surface area (Å²) in [5, 5.41) is 0.716. The zero-order chi connectivity index (χ0) is 28.0. The van der Waals surface area contributed by atoms with Gasteiger partial charge in [-0.25, -0.2) is 9.78 Å². The third-order valence-electron chi connectivity index (χ3n) is 6.08. The predicted octanol–water partition coefficient (Wildman–Crippen LogP) is 2.91. The Kier molecular flexibility index (Phi) is 13.1. The number of methoxy groups -OCH3 is 1. The average molecular weight is 580 g/mol. The first kappa shape index (κ1) is 30.9. The highest BCUT2D eigenvalue weighted by Crippen LogP contribution is 2.38. The zero-order valence-electron chi connectivity index (χ0n) is 22.2. The minimum absolute atomic E-state index is 0.0454. The lowest BCUT2D eigenvalue weighted by Crippen LogP contribution is -2.43. The van der Waals surface area contributed by atoms with Crippen molar-refractivity contribution in [3.8, 4) is 18.1 Å². The van der Waals surface area contributed by atoms with Crippen LogP contribution < -0.4 is 10.4 Å². The summed E-state index contributed by atoms with van der Waals surface area (Å²) >= 11 is 7.30. The number of thioether (sulfide) groups is 1. The van der Waals surface area contributed by atoms with E-state index in [4.69, 9.17) is 41.7 Å². The molecule has 10 nitrogen and oxygen atoms in total. The van der Waals surface area contributed by atoms with Gasteiger partial charge in [-0.2, -0.15) is 0 Å². The second kappa shape index (κ2) is 16.5. The standard InChI is InChI=1S/C27H34ClN3O7S/c1-4-7-35-8-9-36-10-11-37-12-13-38-17-20-16-31(19(2)22-6-5-21(34-3)14-23(20)22)25(32)18-39-26-24(28)15-29-27(33)30-26/h1,5-6,14-15,19-20H,7-13,16-18H2,2-3H3,(H,29,30,33)/t19-,20-/m1/s1. The SMILES string of the molecule is C#CCOCCOCCOCCOC[C@H]1CN(C(=O)CSc2[nH]c(=O)ncc2Cl)[C@H](C)c2ccc(OC)cc21. The molecule has 0 aliphatic carbocycles. The summed E-state index contributed by atoms with van der Waals surface area (Å²) in [6.45, 7) is 5.85. The fourth-order valence-electron chi connectivity index (χ4n) is 4.14. The van der Waals surface area contributed by atoms with Gasteiger partial charge in [0.2, 0.25) is 5.91 Å². The molecule has 0 radical (unpaired) electrons. The van der Waals surface area contributed by atoms with Gasteiger partial charge in [0.1, 0.15) is 12.4 Å². The number of rotatable bonds is 16. The van der Waals surface area contributed by atoms with Crippen molar-refractivity contribution in [1.82, 2.24) is 14.9 Å². The average Bonchev–Trinajstić information content (AvgIpc) is 2.94. The van der Waals surface area contributed by atoms with E-state index in [-0.39, 0.29) is 30.2 Å². The lowest BCUT2D eigenvalue weighted by molar-refractivity contribution is -0.131. The van der Waals surface area contributed by atoms with Gasteiger partial charge in [0, 0.05) is 12.5 Å².